The third-order valence-electron chi connectivity index (χ3n) is 4.25. The number of β-amino-alcohol motifs (C(OH)–C–C–N with tert-alkyl or cyclic N) is 1. The van der Waals surface area contributed by atoms with E-state index in [1.165, 1.54) is 4.31 Å². The van der Waals surface area contributed by atoms with Crippen LogP contribution in [0.15, 0.2) is 29.2 Å². The van der Waals surface area contributed by atoms with Gasteiger partial charge in [0.1, 0.15) is 6.17 Å². The van der Waals surface area contributed by atoms with Crippen molar-refractivity contribution in [2.24, 2.45) is 0 Å². The van der Waals surface area contributed by atoms with E-state index in [2.05, 4.69) is 0 Å². The molecule has 1 aromatic rings. The number of rotatable bonds is 3. The number of aryl methyl sites for hydroxylation is 1. The maximum atomic E-state index is 13.3. The molecule has 7 heteroatoms. The lowest BCUT2D eigenvalue weighted by atomic mass is 10.1. The van der Waals surface area contributed by atoms with Crippen molar-refractivity contribution >= 4 is 10.0 Å². The monoisotopic (exact) mass is 314 g/mol. The summed E-state index contributed by atoms with van der Waals surface area (Å²) in [5.41, 5.74) is 1.01. The van der Waals surface area contributed by atoms with Crippen molar-refractivity contribution in [2.75, 3.05) is 26.2 Å². The molecule has 0 unspecified atom stereocenters. The van der Waals surface area contributed by atoms with Gasteiger partial charge >= 0.3 is 0 Å². The molecule has 5 nitrogen and oxygen atoms in total. The number of aliphatic hydroxyl groups is 1. The van der Waals surface area contributed by atoms with Crippen molar-refractivity contribution in [2.45, 2.75) is 30.1 Å². The van der Waals surface area contributed by atoms with Crippen LogP contribution in [0.25, 0.3) is 0 Å². The van der Waals surface area contributed by atoms with Crippen LogP contribution in [-0.4, -0.2) is 67.2 Å². The van der Waals surface area contributed by atoms with Crippen LogP contribution in [0.3, 0.4) is 0 Å². The van der Waals surface area contributed by atoms with Gasteiger partial charge in [-0.05, 0) is 19.1 Å². The molecule has 0 radical (unpaired) electrons. The van der Waals surface area contributed by atoms with Crippen LogP contribution in [0.4, 0.5) is 4.39 Å². The zero-order valence-corrected chi connectivity index (χ0v) is 12.6. The molecule has 0 aliphatic carbocycles. The third-order valence-corrected chi connectivity index (χ3v) is 6.10. The van der Waals surface area contributed by atoms with Crippen LogP contribution in [0.5, 0.6) is 0 Å². The van der Waals surface area contributed by atoms with Crippen LogP contribution >= 0.6 is 0 Å². The first kappa shape index (κ1) is 14.9. The minimum Gasteiger partial charge on any atom is -0.389 e. The van der Waals surface area contributed by atoms with Crippen molar-refractivity contribution in [1.82, 2.24) is 9.21 Å². The maximum absolute atomic E-state index is 13.3. The second-order valence-electron chi connectivity index (χ2n) is 5.83. The molecule has 0 amide bonds. The Morgan fingerprint density at radius 3 is 2.29 bits per heavy atom. The zero-order valence-electron chi connectivity index (χ0n) is 11.8. The minimum absolute atomic E-state index is 0.000577. The van der Waals surface area contributed by atoms with E-state index in [9.17, 15) is 17.9 Å². The maximum Gasteiger partial charge on any atom is 0.243 e. The SMILES string of the molecule is Cc1ccc(S(=O)(=O)N2CC(N3C[C@@H](O)[C@H](F)C3)C2)cc1. The Balaban J connectivity index is 1.64. The lowest BCUT2D eigenvalue weighted by molar-refractivity contribution is 0.0902. The highest BCUT2D eigenvalue weighted by Gasteiger charge is 2.44. The van der Waals surface area contributed by atoms with Gasteiger partial charge in [0.25, 0.3) is 0 Å². The molecular weight excluding hydrogens is 295 g/mol. The van der Waals surface area contributed by atoms with Gasteiger partial charge in [-0.25, -0.2) is 12.8 Å². The van der Waals surface area contributed by atoms with E-state index >= 15 is 0 Å². The van der Waals surface area contributed by atoms with E-state index in [-0.39, 0.29) is 24.0 Å². The van der Waals surface area contributed by atoms with E-state index in [1.807, 2.05) is 11.8 Å². The Labute approximate surface area is 124 Å². The molecule has 0 aromatic heterocycles. The van der Waals surface area contributed by atoms with Gasteiger partial charge in [0, 0.05) is 32.2 Å². The Morgan fingerprint density at radius 2 is 1.76 bits per heavy atom. The molecule has 2 fully saturated rings. The summed E-state index contributed by atoms with van der Waals surface area (Å²) in [6.07, 6.45) is -2.18. The van der Waals surface area contributed by atoms with Crippen LogP contribution < -0.4 is 0 Å². The lowest BCUT2D eigenvalue weighted by Gasteiger charge is -2.42. The molecule has 2 aliphatic rings. The van der Waals surface area contributed by atoms with Crippen molar-refractivity contribution in [3.63, 3.8) is 0 Å². The average Bonchev–Trinajstić information content (AvgIpc) is 2.67. The summed E-state index contributed by atoms with van der Waals surface area (Å²) in [5, 5.41) is 9.42. The van der Waals surface area contributed by atoms with Gasteiger partial charge in [-0.2, -0.15) is 4.31 Å². The first-order chi connectivity index (χ1) is 9.88. The molecule has 2 aliphatic heterocycles. The molecule has 116 valence electrons. The molecule has 2 saturated heterocycles. The Kier molecular flexibility index (Phi) is 3.77. The fourth-order valence-electron chi connectivity index (χ4n) is 2.78. The topological polar surface area (TPSA) is 60.9 Å². The molecule has 2 heterocycles. The number of hydrogen-bond acceptors (Lipinski definition) is 4. The highest BCUT2D eigenvalue weighted by molar-refractivity contribution is 7.89. The van der Waals surface area contributed by atoms with Crippen LogP contribution in [-0.2, 0) is 10.0 Å². The summed E-state index contributed by atoms with van der Waals surface area (Å²) >= 11 is 0. The van der Waals surface area contributed by atoms with Crippen molar-refractivity contribution in [1.29, 1.82) is 0 Å². The number of nitrogens with zero attached hydrogens (tertiary/aromatic N) is 2. The number of hydrogen-bond donors (Lipinski definition) is 1. The van der Waals surface area contributed by atoms with E-state index in [1.54, 1.807) is 24.3 Å². The Hall–Kier alpha value is -1.02. The van der Waals surface area contributed by atoms with E-state index in [4.69, 9.17) is 0 Å². The summed E-state index contributed by atoms with van der Waals surface area (Å²) < 4.78 is 39.5. The molecule has 0 bridgehead atoms. The first-order valence-electron chi connectivity index (χ1n) is 7.01. The Bertz CT molecular complexity index is 604. The highest BCUT2D eigenvalue weighted by Crippen LogP contribution is 2.27. The summed E-state index contributed by atoms with van der Waals surface area (Å²) in [5.74, 6) is 0. The number of alkyl halides is 1. The molecule has 21 heavy (non-hydrogen) atoms. The van der Waals surface area contributed by atoms with Gasteiger partial charge in [-0.3, -0.25) is 4.90 Å². The first-order valence-corrected chi connectivity index (χ1v) is 8.45. The zero-order chi connectivity index (χ0) is 15.2. The number of likely N-dealkylation sites (tertiary alicyclic amines) is 1. The summed E-state index contributed by atoms with van der Waals surface area (Å²) in [6, 6.07) is 6.76. The summed E-state index contributed by atoms with van der Waals surface area (Å²) in [7, 11) is -3.46. The number of benzene rings is 1. The molecule has 0 saturated carbocycles. The van der Waals surface area contributed by atoms with Gasteiger partial charge in [0.2, 0.25) is 10.0 Å². The molecule has 3 rings (SSSR count). The minimum atomic E-state index is -3.46. The van der Waals surface area contributed by atoms with Gasteiger partial charge in [-0.1, -0.05) is 17.7 Å². The normalized spacial score (nSPS) is 28.7. The second kappa shape index (κ2) is 5.31. The number of sulfonamides is 1. The third kappa shape index (κ3) is 2.70. The highest BCUT2D eigenvalue weighted by atomic mass is 32.2. The number of halogens is 1. The molecule has 0 spiro atoms. The van der Waals surface area contributed by atoms with Crippen LogP contribution in [0.1, 0.15) is 5.56 Å². The molecule has 1 N–H and O–H groups in total. The van der Waals surface area contributed by atoms with Gasteiger partial charge in [0.05, 0.1) is 11.0 Å². The van der Waals surface area contributed by atoms with E-state index in [0.717, 1.165) is 5.56 Å². The largest absolute Gasteiger partial charge is 0.389 e. The predicted octanol–water partition coefficient (Wildman–Crippen LogP) is 0.383. The summed E-state index contributed by atoms with van der Waals surface area (Å²) in [6.45, 7) is 3.09. The fraction of sp³-hybridized carbons (Fsp3) is 0.571. The van der Waals surface area contributed by atoms with Crippen LogP contribution in [0, 0.1) is 6.92 Å². The van der Waals surface area contributed by atoms with Gasteiger partial charge in [-0.15, -0.1) is 0 Å². The van der Waals surface area contributed by atoms with Crippen LogP contribution in [0.2, 0.25) is 0 Å². The predicted molar refractivity (Wildman–Crippen MR) is 76.2 cm³/mol. The average molecular weight is 314 g/mol. The van der Waals surface area contributed by atoms with Crippen molar-refractivity contribution in [3.8, 4) is 0 Å². The lowest BCUT2D eigenvalue weighted by Crippen LogP contribution is -2.60. The van der Waals surface area contributed by atoms with Gasteiger partial charge in [0.15, 0.2) is 0 Å². The van der Waals surface area contributed by atoms with Crippen molar-refractivity contribution in [3.05, 3.63) is 29.8 Å². The smallest absolute Gasteiger partial charge is 0.243 e. The van der Waals surface area contributed by atoms with Gasteiger partial charge < -0.3 is 5.11 Å². The molecule has 1 aromatic carbocycles. The quantitative estimate of drug-likeness (QED) is 0.876. The van der Waals surface area contributed by atoms with E-state index < -0.39 is 22.3 Å². The fourth-order valence-corrected chi connectivity index (χ4v) is 4.29. The van der Waals surface area contributed by atoms with E-state index in [0.29, 0.717) is 13.1 Å². The second-order valence-corrected chi connectivity index (χ2v) is 7.76. The summed E-state index contributed by atoms with van der Waals surface area (Å²) in [4.78, 5) is 2.12. The Morgan fingerprint density at radius 1 is 1.14 bits per heavy atom. The molecular formula is C14H19FN2O3S. The number of aliphatic hydroxyl groups excluding tert-OH is 1. The standard InChI is InChI=1S/C14H19FN2O3S/c1-10-2-4-12(5-3-10)21(19,20)17-6-11(7-17)16-8-13(15)14(18)9-16/h2-5,11,13-14,18H,6-9H2,1H3/t13-,14-/m1/s1. The van der Waals surface area contributed by atoms with Crippen molar-refractivity contribution < 1.29 is 17.9 Å². The molecule has 2 atom stereocenters.